The van der Waals surface area contributed by atoms with E-state index in [1.165, 1.54) is 0 Å². The number of hydrogen-bond acceptors (Lipinski definition) is 16. The van der Waals surface area contributed by atoms with E-state index in [0.29, 0.717) is 12.8 Å². The van der Waals surface area contributed by atoms with E-state index >= 15 is 0 Å². The van der Waals surface area contributed by atoms with Gasteiger partial charge in [-0.1, -0.05) is 13.8 Å². The summed E-state index contributed by atoms with van der Waals surface area (Å²) in [5.41, 5.74) is 17.5. The van der Waals surface area contributed by atoms with Gasteiger partial charge in [0, 0.05) is 43.3 Å². The Morgan fingerprint density at radius 1 is 0.851 bits per heavy atom. The van der Waals surface area contributed by atoms with Crippen LogP contribution in [0.15, 0.2) is 0 Å². The molecule has 2 heterocycles. The van der Waals surface area contributed by atoms with Gasteiger partial charge in [0.25, 0.3) is 0 Å². The Labute approximate surface area is 280 Å². The fraction of sp³-hybridized carbons (Fsp3) is 1.00. The van der Waals surface area contributed by atoms with Crippen molar-refractivity contribution in [2.45, 2.75) is 151 Å². The van der Waals surface area contributed by atoms with Crippen molar-refractivity contribution in [2.24, 2.45) is 17.2 Å². The van der Waals surface area contributed by atoms with E-state index < -0.39 is 60.7 Å². The highest BCUT2D eigenvalue weighted by molar-refractivity contribution is 5.02. The molecule has 2 saturated heterocycles. The van der Waals surface area contributed by atoms with E-state index in [2.05, 4.69) is 21.3 Å². The second kappa shape index (κ2) is 20.9. The number of nitrogens with two attached hydrogens (primary N) is 3. The molecule has 0 amide bonds. The molecule has 15 atom stereocenters. The zero-order valence-electron chi connectivity index (χ0n) is 29.3. The summed E-state index contributed by atoms with van der Waals surface area (Å²) in [5, 5.41) is 62.6. The third-order valence-corrected chi connectivity index (χ3v) is 9.66. The number of rotatable bonds is 16. The molecule has 16 heteroatoms. The van der Waals surface area contributed by atoms with Gasteiger partial charge in [-0.15, -0.1) is 0 Å². The van der Waals surface area contributed by atoms with Gasteiger partial charge in [0.1, 0.15) is 30.0 Å². The summed E-state index contributed by atoms with van der Waals surface area (Å²) >= 11 is 0. The molecule has 1 aliphatic carbocycles. The molecule has 1 saturated carbocycles. The fourth-order valence-electron chi connectivity index (χ4n) is 6.26. The lowest BCUT2D eigenvalue weighted by molar-refractivity contribution is -0.307. The monoisotopic (exact) mass is 682 g/mol. The van der Waals surface area contributed by atoms with Crippen molar-refractivity contribution in [1.29, 1.82) is 0 Å². The van der Waals surface area contributed by atoms with Gasteiger partial charge in [0.2, 0.25) is 0 Å². The molecular weight excluding hydrogens is 614 g/mol. The smallest absolute Gasteiger partial charge is 0.185 e. The zero-order valence-corrected chi connectivity index (χ0v) is 29.3. The maximum Gasteiger partial charge on any atom is 0.185 e. The molecule has 15 N–H and O–H groups in total. The van der Waals surface area contributed by atoms with Gasteiger partial charge in [0.05, 0.1) is 38.0 Å². The molecule has 0 bridgehead atoms. The van der Waals surface area contributed by atoms with Crippen LogP contribution in [0.4, 0.5) is 0 Å². The van der Waals surface area contributed by atoms with Crippen molar-refractivity contribution in [3.8, 4) is 0 Å². The average molecular weight is 682 g/mol. The average Bonchev–Trinajstić information content (AvgIpc) is 3.04. The van der Waals surface area contributed by atoms with E-state index in [-0.39, 0.29) is 50.1 Å². The van der Waals surface area contributed by atoms with Crippen molar-refractivity contribution < 1.29 is 44.5 Å². The third-order valence-electron chi connectivity index (χ3n) is 9.66. The van der Waals surface area contributed by atoms with Crippen molar-refractivity contribution in [1.82, 2.24) is 21.3 Å². The van der Waals surface area contributed by atoms with Gasteiger partial charge in [-0.05, 0) is 60.0 Å². The molecule has 0 spiro atoms. The lowest BCUT2D eigenvalue weighted by Crippen LogP contribution is -2.68. The molecule has 0 aromatic heterocycles. The van der Waals surface area contributed by atoms with Crippen LogP contribution in [0.1, 0.15) is 59.8 Å². The minimum absolute atomic E-state index is 0.0620. The number of ether oxygens (including phenoxy) is 4. The van der Waals surface area contributed by atoms with E-state index in [0.717, 1.165) is 32.4 Å². The number of hydrogen-bond donors (Lipinski definition) is 12. The molecule has 0 radical (unpaired) electrons. The summed E-state index contributed by atoms with van der Waals surface area (Å²) in [4.78, 5) is 0. The Kier molecular flexibility index (Phi) is 18.9. The highest BCUT2D eigenvalue weighted by Gasteiger charge is 2.51. The van der Waals surface area contributed by atoms with Gasteiger partial charge in [-0.2, -0.15) is 0 Å². The molecule has 0 aromatic rings. The summed E-state index contributed by atoms with van der Waals surface area (Å²) in [6.07, 6.45) is -2.35. The molecule has 13 unspecified atom stereocenters. The lowest BCUT2D eigenvalue weighted by atomic mass is 9.84. The van der Waals surface area contributed by atoms with Crippen LogP contribution in [-0.2, 0) is 18.9 Å². The second-order valence-electron chi connectivity index (χ2n) is 13.4. The van der Waals surface area contributed by atoms with Crippen molar-refractivity contribution >= 4 is 0 Å². The first kappa shape index (κ1) is 42.5. The minimum atomic E-state index is -1.29. The zero-order chi connectivity index (χ0) is 35.3. The first-order valence-corrected chi connectivity index (χ1v) is 17.2. The van der Waals surface area contributed by atoms with Crippen LogP contribution < -0.4 is 38.5 Å². The molecule has 3 fully saturated rings. The Hall–Kier alpha value is -0.640. The van der Waals surface area contributed by atoms with Crippen LogP contribution in [0, 0.1) is 0 Å². The number of aliphatic hydroxyl groups is 5. The van der Waals surface area contributed by atoms with Gasteiger partial charge >= 0.3 is 0 Å². The quantitative estimate of drug-likeness (QED) is 0.0702. The van der Waals surface area contributed by atoms with Crippen LogP contribution in [0.5, 0.6) is 0 Å². The number of likely N-dealkylation sites (N-methyl/N-ethyl adjacent to an activating group) is 2. The highest BCUT2D eigenvalue weighted by Crippen LogP contribution is 2.31. The Morgan fingerprint density at radius 3 is 1.85 bits per heavy atom. The van der Waals surface area contributed by atoms with Gasteiger partial charge < -0.3 is 82.9 Å². The largest absolute Gasteiger partial charge is 0.395 e. The maximum absolute atomic E-state index is 11.1. The van der Waals surface area contributed by atoms with Crippen LogP contribution in [0.2, 0.25) is 0 Å². The summed E-state index contributed by atoms with van der Waals surface area (Å²) in [7, 11) is 3.49. The highest BCUT2D eigenvalue weighted by atomic mass is 16.7. The predicted octanol–water partition coefficient (Wildman–Crippen LogP) is -3.62. The van der Waals surface area contributed by atoms with E-state index in [4.69, 9.17) is 46.4 Å². The van der Waals surface area contributed by atoms with Crippen LogP contribution in [-0.4, -0.2) is 164 Å². The molecule has 0 aromatic carbocycles. The fourth-order valence-corrected chi connectivity index (χ4v) is 6.26. The standard InChI is InChI=1S/C21H43N5O7.C10H24N2O2/c1-9(25-3)13-6-5-10(22)19(31-13)32-16-11(23)7-12(24)17(14(16)27)33-20-15(28)18(26-4)21(2,29)8-30-20;1-3-9(7-13)11-5-6-12-10(4-2)8-14/h9-20,25-29H,5-8,22-24H2,1-4H3;9-14H,3-8H2,1-2H3/t;9-,10-/m.0/s1. The molecule has 16 nitrogen and oxygen atoms in total. The molecule has 47 heavy (non-hydrogen) atoms. The summed E-state index contributed by atoms with van der Waals surface area (Å²) in [6, 6.07) is -1.71. The van der Waals surface area contributed by atoms with Gasteiger partial charge in [-0.25, -0.2) is 0 Å². The molecule has 3 rings (SSSR count). The van der Waals surface area contributed by atoms with E-state index in [9.17, 15) is 15.3 Å². The van der Waals surface area contributed by atoms with Gasteiger partial charge in [-0.3, -0.25) is 0 Å². The predicted molar refractivity (Wildman–Crippen MR) is 178 cm³/mol. The Bertz CT molecular complexity index is 831. The first-order chi connectivity index (χ1) is 22.3. The summed E-state index contributed by atoms with van der Waals surface area (Å²) in [6.45, 7) is 9.65. The van der Waals surface area contributed by atoms with Crippen LogP contribution >= 0.6 is 0 Å². The van der Waals surface area contributed by atoms with Crippen LogP contribution in [0.25, 0.3) is 0 Å². The summed E-state index contributed by atoms with van der Waals surface area (Å²) < 4.78 is 23.7. The van der Waals surface area contributed by atoms with Crippen LogP contribution in [0.3, 0.4) is 0 Å². The second-order valence-corrected chi connectivity index (χ2v) is 13.4. The SMILES string of the molecule is CC[C@@H](CO)NCCN[C@@H](CC)CO.CNC(C)C1CCC(N)C(OC2C(N)CC(N)C(OC3OCC(C)(O)C(NC)C3O)C2O)O1. The maximum atomic E-state index is 11.1. The van der Waals surface area contributed by atoms with Crippen molar-refractivity contribution in [3.63, 3.8) is 0 Å². The Balaban J connectivity index is 0.000000463. The third kappa shape index (κ3) is 12.3. The summed E-state index contributed by atoms with van der Waals surface area (Å²) in [5.74, 6) is 0. The normalized spacial score (nSPS) is 39.8. The molecule has 2 aliphatic heterocycles. The van der Waals surface area contributed by atoms with E-state index in [1.54, 1.807) is 14.0 Å². The topological polar surface area (TPSA) is 264 Å². The van der Waals surface area contributed by atoms with Crippen molar-refractivity contribution in [2.75, 3.05) is 47.0 Å². The number of nitrogens with one attached hydrogen (secondary N) is 4. The lowest BCUT2D eigenvalue weighted by Gasteiger charge is -2.48. The van der Waals surface area contributed by atoms with E-state index in [1.807, 2.05) is 27.8 Å². The Morgan fingerprint density at radius 2 is 1.38 bits per heavy atom. The molecule has 280 valence electrons. The number of aliphatic hydroxyl groups excluding tert-OH is 4. The van der Waals surface area contributed by atoms with Gasteiger partial charge in [0.15, 0.2) is 12.6 Å². The van der Waals surface area contributed by atoms with Crippen molar-refractivity contribution in [3.05, 3.63) is 0 Å². The molecule has 3 aliphatic rings. The minimum Gasteiger partial charge on any atom is -0.395 e. The first-order valence-electron chi connectivity index (χ1n) is 17.2. The molecular formula is C31H67N7O9.